The molecule has 1 aromatic carbocycles. The fourth-order valence-electron chi connectivity index (χ4n) is 2.61. The monoisotopic (exact) mass is 297 g/mol. The quantitative estimate of drug-likeness (QED) is 0.388. The van der Waals surface area contributed by atoms with Gasteiger partial charge in [-0.05, 0) is 37.8 Å². The maximum absolute atomic E-state index is 4.72. The molecule has 0 fully saturated rings. The molecule has 0 saturated carbocycles. The van der Waals surface area contributed by atoms with Crippen molar-refractivity contribution in [1.82, 2.24) is 10.2 Å². The summed E-state index contributed by atoms with van der Waals surface area (Å²) < 4.78 is 0. The molecule has 0 saturated heterocycles. The van der Waals surface area contributed by atoms with E-state index >= 15 is 0 Å². The zero-order valence-corrected chi connectivity index (χ0v) is 13.8. The van der Waals surface area contributed by atoms with Gasteiger partial charge in [0.25, 0.3) is 0 Å². The van der Waals surface area contributed by atoms with Crippen molar-refractivity contribution in [3.8, 4) is 0 Å². The van der Waals surface area contributed by atoms with Crippen molar-refractivity contribution in [3.05, 3.63) is 54.1 Å². The number of aliphatic imine (C=N–C) groups is 1. The van der Waals surface area contributed by atoms with Crippen LogP contribution in [-0.4, -0.2) is 37.0 Å². The van der Waals surface area contributed by atoms with Gasteiger partial charge in [0, 0.05) is 26.2 Å². The highest BCUT2D eigenvalue weighted by Crippen LogP contribution is 2.21. The van der Waals surface area contributed by atoms with E-state index in [1.54, 1.807) is 0 Å². The lowest BCUT2D eigenvalue weighted by atomic mass is 10.00. The Balaban J connectivity index is 1.99. The SMILES string of the molecule is C/C=C/CCN=C(NCC)N1CC=C(c2ccccc2)CC1. The Bertz CT molecular complexity index is 529. The first kappa shape index (κ1) is 16.3. The maximum Gasteiger partial charge on any atom is 0.194 e. The molecule has 1 aromatic rings. The number of rotatable bonds is 5. The Hall–Kier alpha value is -2.03. The minimum atomic E-state index is 0.846. The van der Waals surface area contributed by atoms with Crippen molar-refractivity contribution in [2.24, 2.45) is 4.99 Å². The highest BCUT2D eigenvalue weighted by atomic mass is 15.3. The Morgan fingerprint density at radius 3 is 2.77 bits per heavy atom. The molecule has 1 N–H and O–H groups in total. The number of benzene rings is 1. The van der Waals surface area contributed by atoms with Crippen LogP contribution in [0, 0.1) is 0 Å². The summed E-state index contributed by atoms with van der Waals surface area (Å²) >= 11 is 0. The lowest BCUT2D eigenvalue weighted by molar-refractivity contribution is 0.440. The summed E-state index contributed by atoms with van der Waals surface area (Å²) in [5.74, 6) is 1.04. The van der Waals surface area contributed by atoms with Gasteiger partial charge in [-0.25, -0.2) is 0 Å². The van der Waals surface area contributed by atoms with Crippen LogP contribution in [0.4, 0.5) is 0 Å². The second kappa shape index (κ2) is 9.08. The number of allylic oxidation sites excluding steroid dienone is 1. The van der Waals surface area contributed by atoms with Gasteiger partial charge in [0.15, 0.2) is 5.96 Å². The number of guanidine groups is 1. The topological polar surface area (TPSA) is 27.6 Å². The summed E-state index contributed by atoms with van der Waals surface area (Å²) in [5, 5.41) is 3.41. The predicted octanol–water partition coefficient (Wildman–Crippen LogP) is 3.71. The van der Waals surface area contributed by atoms with E-state index < -0.39 is 0 Å². The van der Waals surface area contributed by atoms with Gasteiger partial charge < -0.3 is 10.2 Å². The molecular weight excluding hydrogens is 270 g/mol. The van der Waals surface area contributed by atoms with Gasteiger partial charge in [-0.3, -0.25) is 4.99 Å². The van der Waals surface area contributed by atoms with Crippen molar-refractivity contribution < 1.29 is 0 Å². The van der Waals surface area contributed by atoms with Gasteiger partial charge in [0.1, 0.15) is 0 Å². The third kappa shape index (κ3) is 4.76. The average Bonchev–Trinajstić information content (AvgIpc) is 2.59. The second-order valence-corrected chi connectivity index (χ2v) is 5.38. The summed E-state index contributed by atoms with van der Waals surface area (Å²) in [5.41, 5.74) is 2.79. The molecule has 0 amide bonds. The van der Waals surface area contributed by atoms with Crippen molar-refractivity contribution in [2.45, 2.75) is 26.7 Å². The molecular formula is C19H27N3. The van der Waals surface area contributed by atoms with Gasteiger partial charge in [-0.15, -0.1) is 0 Å². The van der Waals surface area contributed by atoms with Crippen LogP contribution in [0.25, 0.3) is 5.57 Å². The second-order valence-electron chi connectivity index (χ2n) is 5.38. The average molecular weight is 297 g/mol. The molecule has 0 atom stereocenters. The number of hydrogen-bond acceptors (Lipinski definition) is 1. The first-order valence-electron chi connectivity index (χ1n) is 8.24. The standard InChI is InChI=1S/C19H27N3/c1-3-5-9-14-21-19(20-4-2)22-15-12-18(13-16-22)17-10-7-6-8-11-17/h3,5-8,10-12H,4,9,13-16H2,1-2H3,(H,20,21)/b5-3+. The van der Waals surface area contributed by atoms with E-state index in [0.717, 1.165) is 45.0 Å². The fourth-order valence-corrected chi connectivity index (χ4v) is 2.61. The van der Waals surface area contributed by atoms with Crippen molar-refractivity contribution in [2.75, 3.05) is 26.2 Å². The van der Waals surface area contributed by atoms with Crippen LogP contribution in [0.2, 0.25) is 0 Å². The van der Waals surface area contributed by atoms with E-state index in [1.807, 2.05) is 0 Å². The van der Waals surface area contributed by atoms with E-state index in [1.165, 1.54) is 11.1 Å². The molecule has 0 unspecified atom stereocenters. The number of hydrogen-bond donors (Lipinski definition) is 1. The molecule has 1 heterocycles. The highest BCUT2D eigenvalue weighted by molar-refractivity contribution is 5.81. The molecule has 3 heteroatoms. The Kier molecular flexibility index (Phi) is 6.75. The van der Waals surface area contributed by atoms with Crippen LogP contribution in [0.3, 0.4) is 0 Å². The van der Waals surface area contributed by atoms with Crippen molar-refractivity contribution in [3.63, 3.8) is 0 Å². The largest absolute Gasteiger partial charge is 0.357 e. The van der Waals surface area contributed by atoms with E-state index in [2.05, 4.69) is 72.6 Å². The molecule has 0 bridgehead atoms. The van der Waals surface area contributed by atoms with Crippen molar-refractivity contribution in [1.29, 1.82) is 0 Å². The number of nitrogens with zero attached hydrogens (tertiary/aromatic N) is 2. The molecule has 0 aromatic heterocycles. The summed E-state index contributed by atoms with van der Waals surface area (Å²) in [4.78, 5) is 7.06. The van der Waals surface area contributed by atoms with Gasteiger partial charge in [0.05, 0.1) is 0 Å². The van der Waals surface area contributed by atoms with Gasteiger partial charge in [-0.2, -0.15) is 0 Å². The summed E-state index contributed by atoms with van der Waals surface area (Å²) in [6.45, 7) is 7.88. The molecule has 3 nitrogen and oxygen atoms in total. The summed E-state index contributed by atoms with van der Waals surface area (Å²) in [6.07, 6.45) is 8.65. The lowest BCUT2D eigenvalue weighted by Gasteiger charge is -2.29. The normalized spacial score (nSPS) is 16.0. The zero-order chi connectivity index (χ0) is 15.6. The van der Waals surface area contributed by atoms with E-state index in [-0.39, 0.29) is 0 Å². The molecule has 0 aliphatic carbocycles. The molecule has 22 heavy (non-hydrogen) atoms. The van der Waals surface area contributed by atoms with Crippen LogP contribution in [0.15, 0.2) is 53.6 Å². The van der Waals surface area contributed by atoms with E-state index in [4.69, 9.17) is 4.99 Å². The summed E-state index contributed by atoms with van der Waals surface area (Å²) in [7, 11) is 0. The van der Waals surface area contributed by atoms with Crippen LogP contribution < -0.4 is 5.32 Å². The predicted molar refractivity (Wildman–Crippen MR) is 96.0 cm³/mol. The minimum absolute atomic E-state index is 0.846. The van der Waals surface area contributed by atoms with Crippen LogP contribution >= 0.6 is 0 Å². The van der Waals surface area contributed by atoms with Crippen LogP contribution in [-0.2, 0) is 0 Å². The first-order valence-corrected chi connectivity index (χ1v) is 8.24. The molecule has 0 spiro atoms. The third-order valence-electron chi connectivity index (χ3n) is 3.78. The van der Waals surface area contributed by atoms with E-state index in [0.29, 0.717) is 0 Å². The maximum atomic E-state index is 4.72. The molecule has 2 rings (SSSR count). The highest BCUT2D eigenvalue weighted by Gasteiger charge is 2.15. The van der Waals surface area contributed by atoms with Crippen LogP contribution in [0.5, 0.6) is 0 Å². The zero-order valence-electron chi connectivity index (χ0n) is 13.8. The first-order chi connectivity index (χ1) is 10.8. The van der Waals surface area contributed by atoms with Crippen LogP contribution in [0.1, 0.15) is 32.3 Å². The summed E-state index contributed by atoms with van der Waals surface area (Å²) in [6, 6.07) is 10.7. The molecule has 1 aliphatic rings. The Labute approximate surface area is 134 Å². The molecule has 1 aliphatic heterocycles. The lowest BCUT2D eigenvalue weighted by Crippen LogP contribution is -2.43. The third-order valence-corrected chi connectivity index (χ3v) is 3.78. The minimum Gasteiger partial charge on any atom is -0.357 e. The van der Waals surface area contributed by atoms with E-state index in [9.17, 15) is 0 Å². The molecule has 0 radical (unpaired) electrons. The van der Waals surface area contributed by atoms with Gasteiger partial charge in [0.2, 0.25) is 0 Å². The smallest absolute Gasteiger partial charge is 0.194 e. The van der Waals surface area contributed by atoms with Gasteiger partial charge >= 0.3 is 0 Å². The van der Waals surface area contributed by atoms with Crippen molar-refractivity contribution >= 4 is 11.5 Å². The van der Waals surface area contributed by atoms with Gasteiger partial charge in [-0.1, -0.05) is 48.6 Å². The number of nitrogens with one attached hydrogen (secondary N) is 1. The molecule has 118 valence electrons. The Morgan fingerprint density at radius 1 is 1.32 bits per heavy atom. The fraction of sp³-hybridized carbons (Fsp3) is 0.421. The Morgan fingerprint density at radius 2 is 2.14 bits per heavy atom.